The van der Waals surface area contributed by atoms with E-state index in [4.69, 9.17) is 0 Å². The van der Waals surface area contributed by atoms with E-state index in [9.17, 15) is 10.2 Å². The first-order valence-corrected chi connectivity index (χ1v) is 14.1. The maximum Gasteiger partial charge on any atom is 0.119 e. The molecule has 0 aromatic heterocycles. The van der Waals surface area contributed by atoms with E-state index < -0.39 is 0 Å². The number of allylic oxidation sites excluding steroid dienone is 9. The standard InChI is InChI=1S/C33H50O2/c1-8-9-10-11-12-13-25-20-30(34)32(29-19-24(7)15-17-27(29)22(4)5)33(35)31(25)28-18-23(6)14-16-26(28)21(2)3/h18-20,25-29,31,34-35H,2,4,8-17H2,1,3,5-7H3/t25?,26-,27-,28+,29+,31?/m0/s1. The van der Waals surface area contributed by atoms with E-state index in [1.165, 1.54) is 42.4 Å². The van der Waals surface area contributed by atoms with Gasteiger partial charge in [0.2, 0.25) is 0 Å². The fourth-order valence-corrected chi connectivity index (χ4v) is 6.90. The van der Waals surface area contributed by atoms with Crippen molar-refractivity contribution in [2.24, 2.45) is 35.5 Å². The molecule has 0 radical (unpaired) electrons. The smallest absolute Gasteiger partial charge is 0.119 e. The van der Waals surface area contributed by atoms with Crippen LogP contribution in [-0.4, -0.2) is 10.2 Å². The van der Waals surface area contributed by atoms with Crippen LogP contribution in [0, 0.1) is 35.5 Å². The van der Waals surface area contributed by atoms with Crippen LogP contribution in [0.25, 0.3) is 0 Å². The summed E-state index contributed by atoms with van der Waals surface area (Å²) in [6, 6.07) is 0. The van der Waals surface area contributed by atoms with Crippen molar-refractivity contribution in [3.8, 4) is 0 Å². The largest absolute Gasteiger partial charge is 0.512 e. The third kappa shape index (κ3) is 6.43. The van der Waals surface area contributed by atoms with Crippen LogP contribution in [0.2, 0.25) is 0 Å². The van der Waals surface area contributed by atoms with Crippen LogP contribution < -0.4 is 0 Å². The first-order valence-electron chi connectivity index (χ1n) is 14.1. The zero-order valence-corrected chi connectivity index (χ0v) is 23.1. The van der Waals surface area contributed by atoms with Crippen molar-refractivity contribution in [2.75, 3.05) is 0 Å². The van der Waals surface area contributed by atoms with Gasteiger partial charge < -0.3 is 10.2 Å². The highest BCUT2D eigenvalue weighted by molar-refractivity contribution is 5.42. The number of hydrogen-bond donors (Lipinski definition) is 2. The van der Waals surface area contributed by atoms with E-state index >= 15 is 0 Å². The maximum atomic E-state index is 12.0. The van der Waals surface area contributed by atoms with E-state index in [0.717, 1.165) is 49.7 Å². The van der Waals surface area contributed by atoms with Gasteiger partial charge in [0.25, 0.3) is 0 Å². The highest BCUT2D eigenvalue weighted by Crippen LogP contribution is 2.50. The van der Waals surface area contributed by atoms with Gasteiger partial charge in [0.15, 0.2) is 0 Å². The Labute approximate surface area is 215 Å². The van der Waals surface area contributed by atoms with Gasteiger partial charge in [0.1, 0.15) is 11.5 Å². The topological polar surface area (TPSA) is 40.5 Å². The first-order chi connectivity index (χ1) is 16.6. The second-order valence-corrected chi connectivity index (χ2v) is 11.9. The maximum absolute atomic E-state index is 12.0. The van der Waals surface area contributed by atoms with Crippen molar-refractivity contribution < 1.29 is 10.2 Å². The molecular weight excluding hydrogens is 428 g/mol. The van der Waals surface area contributed by atoms with Crippen molar-refractivity contribution in [3.63, 3.8) is 0 Å². The quantitative estimate of drug-likeness (QED) is 0.242. The lowest BCUT2D eigenvalue weighted by molar-refractivity contribution is 0.169. The lowest BCUT2D eigenvalue weighted by Gasteiger charge is -2.43. The number of hydrogen-bond acceptors (Lipinski definition) is 2. The molecule has 0 bridgehead atoms. The lowest BCUT2D eigenvalue weighted by atomic mass is 9.62. The summed E-state index contributed by atoms with van der Waals surface area (Å²) in [6.45, 7) is 19.5. The summed E-state index contributed by atoms with van der Waals surface area (Å²) in [5.74, 6) is 1.68. The Morgan fingerprint density at radius 1 is 0.857 bits per heavy atom. The Bertz CT molecular complexity index is 911. The molecular formula is C33H50O2. The number of aliphatic hydroxyl groups excluding tert-OH is 2. The minimum atomic E-state index is -0.0116. The minimum Gasteiger partial charge on any atom is -0.512 e. The predicted octanol–water partition coefficient (Wildman–Crippen LogP) is 9.94. The van der Waals surface area contributed by atoms with E-state index in [1.807, 2.05) is 0 Å². The third-order valence-corrected chi connectivity index (χ3v) is 8.89. The fraction of sp³-hybridized carbons (Fsp3) is 0.636. The molecule has 6 atom stereocenters. The average molecular weight is 479 g/mol. The summed E-state index contributed by atoms with van der Waals surface area (Å²) in [5, 5.41) is 23.4. The Morgan fingerprint density at radius 2 is 1.46 bits per heavy atom. The lowest BCUT2D eigenvalue weighted by Crippen LogP contribution is -2.36. The average Bonchev–Trinajstić information content (AvgIpc) is 2.78. The molecule has 0 aliphatic heterocycles. The highest BCUT2D eigenvalue weighted by Gasteiger charge is 2.43. The van der Waals surface area contributed by atoms with E-state index in [1.54, 1.807) is 0 Å². The normalized spacial score (nSPS) is 31.5. The molecule has 0 heterocycles. The molecule has 194 valence electrons. The van der Waals surface area contributed by atoms with Gasteiger partial charge in [-0.05, 0) is 89.5 Å². The highest BCUT2D eigenvalue weighted by atomic mass is 16.3. The summed E-state index contributed by atoms with van der Waals surface area (Å²) in [7, 11) is 0. The van der Waals surface area contributed by atoms with E-state index in [0.29, 0.717) is 17.4 Å². The van der Waals surface area contributed by atoms with Gasteiger partial charge in [-0.15, -0.1) is 0 Å². The summed E-state index contributed by atoms with van der Waals surface area (Å²) in [5.41, 5.74) is 5.84. The van der Waals surface area contributed by atoms with Crippen LogP contribution in [0.1, 0.15) is 98.8 Å². The molecule has 2 unspecified atom stereocenters. The molecule has 0 fully saturated rings. The number of unbranched alkanes of at least 4 members (excludes halogenated alkanes) is 4. The van der Waals surface area contributed by atoms with Crippen molar-refractivity contribution >= 4 is 0 Å². The van der Waals surface area contributed by atoms with Gasteiger partial charge in [-0.25, -0.2) is 0 Å². The summed E-state index contributed by atoms with van der Waals surface area (Å²) in [6.07, 6.45) is 18.2. The SMILES string of the molecule is C=C(C)[C@@H]1CCC(C)=C[C@H]1C1=C(O)C([C@@H]2C=C(C)CC[C@H]2C(=C)C)C(CCCCCCC)C=C1O. The van der Waals surface area contributed by atoms with Crippen LogP contribution in [0.15, 0.2) is 70.8 Å². The molecule has 0 saturated heterocycles. The molecule has 2 N–H and O–H groups in total. The molecule has 3 rings (SSSR count). The van der Waals surface area contributed by atoms with Crippen molar-refractivity contribution in [1.82, 2.24) is 0 Å². The Balaban J connectivity index is 2.05. The summed E-state index contributed by atoms with van der Waals surface area (Å²) in [4.78, 5) is 0. The van der Waals surface area contributed by atoms with Gasteiger partial charge in [-0.1, -0.05) is 86.6 Å². The minimum absolute atomic E-state index is 0.00886. The van der Waals surface area contributed by atoms with E-state index in [2.05, 4.69) is 66.0 Å². The Morgan fingerprint density at radius 3 is 2.09 bits per heavy atom. The predicted molar refractivity (Wildman–Crippen MR) is 150 cm³/mol. The number of rotatable bonds is 10. The molecule has 3 aliphatic rings. The second kappa shape index (κ2) is 12.3. The van der Waals surface area contributed by atoms with Gasteiger partial charge in [-0.3, -0.25) is 0 Å². The molecule has 0 aromatic rings. The van der Waals surface area contributed by atoms with Crippen LogP contribution in [-0.2, 0) is 0 Å². The molecule has 35 heavy (non-hydrogen) atoms. The van der Waals surface area contributed by atoms with Crippen molar-refractivity contribution in [2.45, 2.75) is 98.8 Å². The van der Waals surface area contributed by atoms with Crippen LogP contribution in [0.3, 0.4) is 0 Å². The second-order valence-electron chi connectivity index (χ2n) is 11.9. The zero-order valence-electron chi connectivity index (χ0n) is 23.1. The van der Waals surface area contributed by atoms with Crippen molar-refractivity contribution in [3.05, 3.63) is 70.8 Å². The fourth-order valence-electron chi connectivity index (χ4n) is 6.90. The molecule has 0 saturated carbocycles. The number of aliphatic hydroxyl groups is 2. The van der Waals surface area contributed by atoms with Gasteiger partial charge in [-0.2, -0.15) is 0 Å². The molecule has 2 heteroatoms. The molecule has 0 spiro atoms. The van der Waals surface area contributed by atoms with Crippen LogP contribution >= 0.6 is 0 Å². The molecule has 3 aliphatic carbocycles. The summed E-state index contributed by atoms with van der Waals surface area (Å²) < 4.78 is 0. The van der Waals surface area contributed by atoms with E-state index in [-0.39, 0.29) is 29.6 Å². The van der Waals surface area contributed by atoms with Crippen molar-refractivity contribution in [1.29, 1.82) is 0 Å². The zero-order chi connectivity index (χ0) is 25.7. The van der Waals surface area contributed by atoms with Gasteiger partial charge in [0, 0.05) is 17.4 Å². The van der Waals surface area contributed by atoms with Crippen LogP contribution in [0.5, 0.6) is 0 Å². The summed E-state index contributed by atoms with van der Waals surface area (Å²) >= 11 is 0. The first kappa shape index (κ1) is 27.6. The van der Waals surface area contributed by atoms with Gasteiger partial charge >= 0.3 is 0 Å². The van der Waals surface area contributed by atoms with Gasteiger partial charge in [0.05, 0.1) is 0 Å². The Kier molecular flexibility index (Phi) is 9.73. The third-order valence-electron chi connectivity index (χ3n) is 8.89. The Hall–Kier alpha value is -1.96. The monoisotopic (exact) mass is 478 g/mol. The molecule has 2 nitrogen and oxygen atoms in total. The molecule has 0 amide bonds. The molecule has 0 aromatic carbocycles. The van der Waals surface area contributed by atoms with Crippen LogP contribution in [0.4, 0.5) is 0 Å².